The molecule has 2 heterocycles. The summed E-state index contributed by atoms with van der Waals surface area (Å²) in [6.07, 6.45) is 3.16. The molecule has 0 radical (unpaired) electrons. The van der Waals surface area contributed by atoms with Crippen LogP contribution in [-0.4, -0.2) is 60.9 Å². The van der Waals surface area contributed by atoms with Gasteiger partial charge in [-0.05, 0) is 26.8 Å². The lowest BCUT2D eigenvalue weighted by Crippen LogP contribution is -2.42. The first kappa shape index (κ1) is 19.5. The molecule has 146 valence electrons. The number of nitrogens with zero attached hydrogens (tertiary/aromatic N) is 2. The number of aromatic nitrogens is 1. The fourth-order valence-electron chi connectivity index (χ4n) is 3.58. The van der Waals surface area contributed by atoms with Gasteiger partial charge < -0.3 is 24.8 Å². The van der Waals surface area contributed by atoms with Crippen molar-refractivity contribution in [3.8, 4) is 11.5 Å². The van der Waals surface area contributed by atoms with E-state index in [4.69, 9.17) is 21.1 Å². The van der Waals surface area contributed by atoms with E-state index in [-0.39, 0.29) is 11.6 Å². The first-order chi connectivity index (χ1) is 12.9. The smallest absolute Gasteiger partial charge is 0.339 e. The van der Waals surface area contributed by atoms with Gasteiger partial charge in [-0.15, -0.1) is 0 Å². The maximum absolute atomic E-state index is 11.9. The quantitative estimate of drug-likeness (QED) is 0.804. The summed E-state index contributed by atoms with van der Waals surface area (Å²) in [4.78, 5) is 18.5. The van der Waals surface area contributed by atoms with E-state index in [9.17, 15) is 9.90 Å². The summed E-state index contributed by atoms with van der Waals surface area (Å²) in [6.45, 7) is 3.10. The van der Waals surface area contributed by atoms with Crippen LogP contribution in [0, 0.1) is 0 Å². The number of nitrogens with one attached hydrogen (secondary N) is 1. The van der Waals surface area contributed by atoms with Crippen LogP contribution in [0.5, 0.6) is 11.5 Å². The van der Waals surface area contributed by atoms with Crippen molar-refractivity contribution in [2.45, 2.75) is 31.8 Å². The molecule has 0 spiro atoms. The number of fused-ring (bicyclic) bond motifs is 1. The van der Waals surface area contributed by atoms with E-state index in [0.717, 1.165) is 19.4 Å². The Bertz CT molecular complexity index is 874. The molecule has 2 unspecified atom stereocenters. The average Bonchev–Trinajstić information content (AvgIpc) is 2.64. The molecular weight excluding hydrogens is 370 g/mol. The molecule has 2 atom stereocenters. The number of carboxylic acids is 1. The Hall–Kier alpha value is -2.25. The number of carbonyl (C=O) groups is 1. The number of ether oxygens (including phenoxy) is 2. The van der Waals surface area contributed by atoms with Crippen molar-refractivity contribution >= 4 is 34.2 Å². The fraction of sp³-hybridized carbons (Fsp3) is 0.474. The lowest BCUT2D eigenvalue weighted by Gasteiger charge is -2.36. The molecule has 2 aromatic rings. The number of piperidine rings is 1. The van der Waals surface area contributed by atoms with Crippen LogP contribution in [0.1, 0.15) is 30.1 Å². The van der Waals surface area contributed by atoms with Gasteiger partial charge in [0.1, 0.15) is 22.6 Å². The van der Waals surface area contributed by atoms with Crippen molar-refractivity contribution < 1.29 is 19.4 Å². The van der Waals surface area contributed by atoms with E-state index in [2.05, 4.69) is 29.2 Å². The van der Waals surface area contributed by atoms with Crippen LogP contribution in [0.2, 0.25) is 5.02 Å². The molecule has 1 aromatic heterocycles. The molecule has 3 rings (SSSR count). The predicted octanol–water partition coefficient (Wildman–Crippen LogP) is 3.50. The summed E-state index contributed by atoms with van der Waals surface area (Å²) in [7, 11) is 5.12. The van der Waals surface area contributed by atoms with Crippen LogP contribution in [0.15, 0.2) is 12.3 Å². The highest BCUT2D eigenvalue weighted by Gasteiger charge is 2.27. The number of hydrogen-bond acceptors (Lipinski definition) is 6. The van der Waals surface area contributed by atoms with Crippen LogP contribution in [-0.2, 0) is 0 Å². The number of benzene rings is 1. The average molecular weight is 394 g/mol. The largest absolute Gasteiger partial charge is 0.494 e. The van der Waals surface area contributed by atoms with E-state index in [1.54, 1.807) is 6.07 Å². The van der Waals surface area contributed by atoms with Crippen molar-refractivity contribution in [1.29, 1.82) is 0 Å². The maximum Gasteiger partial charge on any atom is 0.339 e. The SMILES string of the molecule is COc1cc(Cl)c(OC)c2c(NC3CCN(C)C(C)C3)c(C(=O)O)cnc12. The van der Waals surface area contributed by atoms with Crippen molar-refractivity contribution in [3.05, 3.63) is 22.8 Å². The Morgan fingerprint density at radius 2 is 2.15 bits per heavy atom. The second-order valence-electron chi connectivity index (χ2n) is 6.86. The summed E-state index contributed by atoms with van der Waals surface area (Å²) in [5.41, 5.74) is 1.05. The Labute approximate surface area is 163 Å². The van der Waals surface area contributed by atoms with E-state index in [0.29, 0.717) is 39.2 Å². The summed E-state index contributed by atoms with van der Waals surface area (Å²) >= 11 is 6.36. The molecule has 0 bridgehead atoms. The minimum Gasteiger partial charge on any atom is -0.494 e. The number of rotatable bonds is 5. The van der Waals surface area contributed by atoms with Gasteiger partial charge in [-0.2, -0.15) is 0 Å². The van der Waals surface area contributed by atoms with Gasteiger partial charge >= 0.3 is 5.97 Å². The van der Waals surface area contributed by atoms with Crippen molar-refractivity contribution in [3.63, 3.8) is 0 Å². The van der Waals surface area contributed by atoms with Gasteiger partial charge in [0, 0.05) is 30.9 Å². The molecule has 1 saturated heterocycles. The Morgan fingerprint density at radius 1 is 1.41 bits per heavy atom. The number of anilines is 1. The number of likely N-dealkylation sites (tertiary alicyclic amines) is 1. The topological polar surface area (TPSA) is 83.9 Å². The highest BCUT2D eigenvalue weighted by atomic mass is 35.5. The van der Waals surface area contributed by atoms with E-state index in [1.807, 2.05) is 0 Å². The molecule has 8 heteroatoms. The number of hydrogen-bond donors (Lipinski definition) is 2. The van der Waals surface area contributed by atoms with Crippen molar-refractivity contribution in [2.75, 3.05) is 33.1 Å². The fourth-order valence-corrected chi connectivity index (χ4v) is 3.85. The molecule has 1 fully saturated rings. The summed E-state index contributed by atoms with van der Waals surface area (Å²) in [5.74, 6) is -0.215. The zero-order chi connectivity index (χ0) is 19.7. The molecule has 0 saturated carbocycles. The van der Waals surface area contributed by atoms with Crippen LogP contribution >= 0.6 is 11.6 Å². The van der Waals surface area contributed by atoms with Gasteiger partial charge in [-0.1, -0.05) is 11.6 Å². The standard InChI is InChI=1S/C19H24ClN3O4/c1-10-7-11(5-6-23(10)2)22-16-12(19(24)25)9-21-17-14(26-3)8-13(20)18(27-4)15(16)17/h8-11H,5-7H2,1-4H3,(H,21,22)(H,24,25). The number of halogens is 1. The summed E-state index contributed by atoms with van der Waals surface area (Å²) < 4.78 is 10.9. The lowest BCUT2D eigenvalue weighted by molar-refractivity contribution is 0.0697. The first-order valence-corrected chi connectivity index (χ1v) is 9.18. The zero-order valence-electron chi connectivity index (χ0n) is 15.9. The van der Waals surface area contributed by atoms with E-state index < -0.39 is 5.97 Å². The predicted molar refractivity (Wildman–Crippen MR) is 106 cm³/mol. The van der Waals surface area contributed by atoms with Gasteiger partial charge in [0.25, 0.3) is 0 Å². The second-order valence-corrected chi connectivity index (χ2v) is 7.27. The number of carboxylic acid groups (broad SMARTS) is 1. The zero-order valence-corrected chi connectivity index (χ0v) is 16.6. The molecule has 1 aliphatic rings. The molecule has 1 aromatic carbocycles. The van der Waals surface area contributed by atoms with Crippen LogP contribution in [0.25, 0.3) is 10.9 Å². The normalized spacial score (nSPS) is 20.5. The van der Waals surface area contributed by atoms with Crippen molar-refractivity contribution in [2.24, 2.45) is 0 Å². The molecule has 0 aliphatic carbocycles. The van der Waals surface area contributed by atoms with Crippen LogP contribution in [0.4, 0.5) is 5.69 Å². The van der Waals surface area contributed by atoms with Gasteiger partial charge in [-0.3, -0.25) is 4.98 Å². The lowest BCUT2D eigenvalue weighted by atomic mass is 9.97. The molecule has 0 amide bonds. The molecular formula is C19H24ClN3O4. The third-order valence-electron chi connectivity index (χ3n) is 5.23. The summed E-state index contributed by atoms with van der Waals surface area (Å²) in [6, 6.07) is 2.16. The maximum atomic E-state index is 11.9. The van der Waals surface area contributed by atoms with Crippen LogP contribution in [0.3, 0.4) is 0 Å². The number of pyridine rings is 1. The van der Waals surface area contributed by atoms with E-state index >= 15 is 0 Å². The molecule has 7 nitrogen and oxygen atoms in total. The van der Waals surface area contributed by atoms with Crippen molar-refractivity contribution in [1.82, 2.24) is 9.88 Å². The third kappa shape index (κ3) is 3.61. The highest BCUT2D eigenvalue weighted by molar-refractivity contribution is 6.34. The van der Waals surface area contributed by atoms with E-state index in [1.165, 1.54) is 20.4 Å². The minimum absolute atomic E-state index is 0.0803. The third-order valence-corrected chi connectivity index (χ3v) is 5.51. The monoisotopic (exact) mass is 393 g/mol. The minimum atomic E-state index is -1.06. The van der Waals surface area contributed by atoms with Gasteiger partial charge in [0.05, 0.1) is 30.3 Å². The van der Waals surface area contributed by atoms with Gasteiger partial charge in [0.2, 0.25) is 0 Å². The summed E-state index contributed by atoms with van der Waals surface area (Å²) in [5, 5.41) is 14.0. The molecule has 27 heavy (non-hydrogen) atoms. The Balaban J connectivity index is 2.20. The number of aromatic carboxylic acids is 1. The first-order valence-electron chi connectivity index (χ1n) is 8.80. The molecule has 1 aliphatic heterocycles. The number of methoxy groups -OCH3 is 2. The van der Waals surface area contributed by atoms with Gasteiger partial charge in [0.15, 0.2) is 0 Å². The van der Waals surface area contributed by atoms with Gasteiger partial charge in [-0.25, -0.2) is 4.79 Å². The Kier molecular flexibility index (Phi) is 5.62. The van der Waals surface area contributed by atoms with Crippen LogP contribution < -0.4 is 14.8 Å². The second kappa shape index (κ2) is 7.78. The molecule has 2 N–H and O–H groups in total. The Morgan fingerprint density at radius 3 is 2.74 bits per heavy atom. The highest BCUT2D eigenvalue weighted by Crippen LogP contribution is 2.43.